The largest absolute Gasteiger partial charge is 0.353 e. The standard InChI is InChI=1S/C11H22O2/c1-3-4-5-9-12-11-8-6-7-10(2)13-11/h10-11H,3-9H2,1-2H3. The summed E-state index contributed by atoms with van der Waals surface area (Å²) in [7, 11) is 0. The first-order chi connectivity index (χ1) is 6.33. The Morgan fingerprint density at radius 1 is 1.31 bits per heavy atom. The first-order valence-corrected chi connectivity index (χ1v) is 5.60. The molecule has 0 aliphatic carbocycles. The van der Waals surface area contributed by atoms with Crippen LogP contribution in [0.3, 0.4) is 0 Å². The molecule has 2 unspecified atom stereocenters. The second-order valence-electron chi connectivity index (χ2n) is 3.89. The van der Waals surface area contributed by atoms with Gasteiger partial charge >= 0.3 is 0 Å². The molecule has 2 heteroatoms. The summed E-state index contributed by atoms with van der Waals surface area (Å²) >= 11 is 0. The predicted octanol–water partition coefficient (Wildman–Crippen LogP) is 3.11. The van der Waals surface area contributed by atoms with Gasteiger partial charge in [0.05, 0.1) is 6.10 Å². The molecule has 0 amide bonds. The van der Waals surface area contributed by atoms with Crippen LogP contribution in [0.1, 0.15) is 52.4 Å². The summed E-state index contributed by atoms with van der Waals surface area (Å²) in [5.74, 6) is 0. The Bertz CT molecular complexity index is 125. The molecule has 13 heavy (non-hydrogen) atoms. The Balaban J connectivity index is 2.00. The van der Waals surface area contributed by atoms with Crippen molar-refractivity contribution in [1.82, 2.24) is 0 Å². The van der Waals surface area contributed by atoms with Crippen molar-refractivity contribution < 1.29 is 9.47 Å². The summed E-state index contributed by atoms with van der Waals surface area (Å²) in [4.78, 5) is 0. The van der Waals surface area contributed by atoms with Gasteiger partial charge in [0.2, 0.25) is 0 Å². The van der Waals surface area contributed by atoms with Gasteiger partial charge in [0, 0.05) is 6.61 Å². The first kappa shape index (κ1) is 11.0. The maximum Gasteiger partial charge on any atom is 0.157 e. The fourth-order valence-electron chi connectivity index (χ4n) is 1.66. The summed E-state index contributed by atoms with van der Waals surface area (Å²) in [5.41, 5.74) is 0. The van der Waals surface area contributed by atoms with Gasteiger partial charge < -0.3 is 9.47 Å². The molecule has 0 aromatic carbocycles. The van der Waals surface area contributed by atoms with Crippen molar-refractivity contribution in [2.45, 2.75) is 64.8 Å². The van der Waals surface area contributed by atoms with Crippen LogP contribution in [0.5, 0.6) is 0 Å². The van der Waals surface area contributed by atoms with Crippen molar-refractivity contribution in [1.29, 1.82) is 0 Å². The Morgan fingerprint density at radius 2 is 2.15 bits per heavy atom. The molecule has 0 aromatic heterocycles. The third-order valence-corrected chi connectivity index (χ3v) is 2.49. The van der Waals surface area contributed by atoms with Crippen molar-refractivity contribution in [2.75, 3.05) is 6.61 Å². The number of unbranched alkanes of at least 4 members (excludes halogenated alkanes) is 2. The number of hydrogen-bond donors (Lipinski definition) is 0. The van der Waals surface area contributed by atoms with E-state index in [0.29, 0.717) is 6.10 Å². The zero-order valence-electron chi connectivity index (χ0n) is 8.92. The highest BCUT2D eigenvalue weighted by atomic mass is 16.7. The van der Waals surface area contributed by atoms with Crippen molar-refractivity contribution in [3.63, 3.8) is 0 Å². The Hall–Kier alpha value is -0.0800. The van der Waals surface area contributed by atoms with Crippen LogP contribution >= 0.6 is 0 Å². The Labute approximate surface area is 81.6 Å². The molecule has 1 saturated heterocycles. The lowest BCUT2D eigenvalue weighted by atomic mass is 10.1. The molecule has 78 valence electrons. The van der Waals surface area contributed by atoms with Crippen LogP contribution in [0, 0.1) is 0 Å². The zero-order chi connectivity index (χ0) is 9.52. The summed E-state index contributed by atoms with van der Waals surface area (Å²) in [6, 6.07) is 0. The number of rotatable bonds is 5. The van der Waals surface area contributed by atoms with Crippen molar-refractivity contribution in [3.8, 4) is 0 Å². The highest BCUT2D eigenvalue weighted by Crippen LogP contribution is 2.19. The lowest BCUT2D eigenvalue weighted by Gasteiger charge is -2.27. The van der Waals surface area contributed by atoms with E-state index >= 15 is 0 Å². The van der Waals surface area contributed by atoms with Crippen LogP contribution < -0.4 is 0 Å². The minimum atomic E-state index is 0.0839. The molecule has 0 N–H and O–H groups in total. The molecule has 0 bridgehead atoms. The van der Waals surface area contributed by atoms with Crippen LogP contribution in [0.25, 0.3) is 0 Å². The quantitative estimate of drug-likeness (QED) is 0.614. The normalized spacial score (nSPS) is 29.1. The number of ether oxygens (including phenoxy) is 2. The highest BCUT2D eigenvalue weighted by Gasteiger charge is 2.18. The summed E-state index contributed by atoms with van der Waals surface area (Å²) in [6.07, 6.45) is 7.69. The van der Waals surface area contributed by atoms with Crippen LogP contribution in [0.2, 0.25) is 0 Å². The van der Waals surface area contributed by atoms with Gasteiger partial charge in [0.15, 0.2) is 6.29 Å². The maximum absolute atomic E-state index is 5.64. The molecular formula is C11H22O2. The van der Waals surface area contributed by atoms with E-state index in [1.165, 1.54) is 32.1 Å². The topological polar surface area (TPSA) is 18.5 Å². The average molecular weight is 186 g/mol. The van der Waals surface area contributed by atoms with Gasteiger partial charge in [0.25, 0.3) is 0 Å². The summed E-state index contributed by atoms with van der Waals surface area (Å²) < 4.78 is 11.3. The second-order valence-corrected chi connectivity index (χ2v) is 3.89. The van der Waals surface area contributed by atoms with Gasteiger partial charge in [-0.1, -0.05) is 19.8 Å². The van der Waals surface area contributed by atoms with E-state index in [4.69, 9.17) is 9.47 Å². The van der Waals surface area contributed by atoms with Crippen molar-refractivity contribution >= 4 is 0 Å². The van der Waals surface area contributed by atoms with Gasteiger partial charge in [0.1, 0.15) is 0 Å². The second kappa shape index (κ2) is 6.39. The molecule has 1 rings (SSSR count). The molecule has 1 heterocycles. The molecule has 0 radical (unpaired) electrons. The molecule has 2 atom stereocenters. The van der Waals surface area contributed by atoms with E-state index < -0.39 is 0 Å². The van der Waals surface area contributed by atoms with Gasteiger partial charge in [-0.05, 0) is 32.6 Å². The van der Waals surface area contributed by atoms with Gasteiger partial charge in [-0.25, -0.2) is 0 Å². The van der Waals surface area contributed by atoms with E-state index in [1.54, 1.807) is 0 Å². The summed E-state index contributed by atoms with van der Waals surface area (Å²) in [6.45, 7) is 5.20. The first-order valence-electron chi connectivity index (χ1n) is 5.60. The molecule has 0 spiro atoms. The monoisotopic (exact) mass is 186 g/mol. The third kappa shape index (κ3) is 4.63. The predicted molar refractivity (Wildman–Crippen MR) is 53.7 cm³/mol. The van der Waals surface area contributed by atoms with Gasteiger partial charge in [-0.15, -0.1) is 0 Å². The van der Waals surface area contributed by atoms with E-state index in [1.807, 2.05) is 0 Å². The van der Waals surface area contributed by atoms with Crippen molar-refractivity contribution in [2.24, 2.45) is 0 Å². The smallest absolute Gasteiger partial charge is 0.157 e. The van der Waals surface area contributed by atoms with Crippen LogP contribution in [0.4, 0.5) is 0 Å². The lowest BCUT2D eigenvalue weighted by Crippen LogP contribution is -2.28. The molecule has 0 aromatic rings. The Kier molecular flexibility index (Phi) is 5.40. The van der Waals surface area contributed by atoms with E-state index in [0.717, 1.165) is 13.0 Å². The molecule has 0 saturated carbocycles. The molecule has 2 nitrogen and oxygen atoms in total. The molecule has 1 aliphatic heterocycles. The third-order valence-electron chi connectivity index (χ3n) is 2.49. The lowest BCUT2D eigenvalue weighted by molar-refractivity contribution is -0.189. The SMILES string of the molecule is CCCCCOC1CCCC(C)O1. The van der Waals surface area contributed by atoms with Gasteiger partial charge in [-0.2, -0.15) is 0 Å². The Morgan fingerprint density at radius 3 is 2.85 bits per heavy atom. The fraction of sp³-hybridized carbons (Fsp3) is 1.00. The highest BCUT2D eigenvalue weighted by molar-refractivity contribution is 4.61. The number of hydrogen-bond acceptors (Lipinski definition) is 2. The van der Waals surface area contributed by atoms with Crippen LogP contribution in [0.15, 0.2) is 0 Å². The molecular weight excluding hydrogens is 164 g/mol. The minimum Gasteiger partial charge on any atom is -0.353 e. The summed E-state index contributed by atoms with van der Waals surface area (Å²) in [5, 5.41) is 0. The zero-order valence-corrected chi connectivity index (χ0v) is 8.92. The van der Waals surface area contributed by atoms with Crippen LogP contribution in [-0.4, -0.2) is 19.0 Å². The molecule has 1 aliphatic rings. The van der Waals surface area contributed by atoms with E-state index in [-0.39, 0.29) is 6.29 Å². The van der Waals surface area contributed by atoms with E-state index in [2.05, 4.69) is 13.8 Å². The van der Waals surface area contributed by atoms with Gasteiger partial charge in [-0.3, -0.25) is 0 Å². The fourth-order valence-corrected chi connectivity index (χ4v) is 1.66. The minimum absolute atomic E-state index is 0.0839. The molecule has 1 fully saturated rings. The van der Waals surface area contributed by atoms with E-state index in [9.17, 15) is 0 Å². The maximum atomic E-state index is 5.64. The van der Waals surface area contributed by atoms with Crippen LogP contribution in [-0.2, 0) is 9.47 Å². The average Bonchev–Trinajstić information content (AvgIpc) is 2.13. The van der Waals surface area contributed by atoms with Crippen molar-refractivity contribution in [3.05, 3.63) is 0 Å².